The van der Waals surface area contributed by atoms with Gasteiger partial charge in [-0.15, -0.1) is 0 Å². The fraction of sp³-hybridized carbons (Fsp3) is 1.00. The van der Waals surface area contributed by atoms with Crippen LogP contribution in [0.15, 0.2) is 0 Å². The third kappa shape index (κ3) is 5.92. The summed E-state index contributed by atoms with van der Waals surface area (Å²) >= 11 is 0. The van der Waals surface area contributed by atoms with Gasteiger partial charge in [-0.05, 0) is 20.8 Å². The van der Waals surface area contributed by atoms with Crippen molar-refractivity contribution < 1.29 is 4.84 Å². The highest BCUT2D eigenvalue weighted by atomic mass is 16.7. The molecule has 0 aromatic rings. The molecule has 0 aliphatic rings. The molecule has 0 fully saturated rings. The molecule has 0 saturated heterocycles. The highest BCUT2D eigenvalue weighted by molar-refractivity contribution is 4.55. The third-order valence-electron chi connectivity index (χ3n) is 0.523. The van der Waals surface area contributed by atoms with Gasteiger partial charge in [-0.1, -0.05) is 6.92 Å². The van der Waals surface area contributed by atoms with Gasteiger partial charge < -0.3 is 0 Å². The Morgan fingerprint density at radius 3 is 2.00 bits per heavy atom. The summed E-state index contributed by atoms with van der Waals surface area (Å²) in [5.74, 6) is 0. The summed E-state index contributed by atoms with van der Waals surface area (Å²) in [4.78, 5) is 5.13. The number of rotatable bonds is 2. The topological polar surface area (TPSA) is 21.3 Å². The first-order valence-electron chi connectivity index (χ1n) is 2.97. The normalized spacial score (nSPS) is 12.0. The summed E-state index contributed by atoms with van der Waals surface area (Å²) in [6.45, 7) is 8.89. The maximum Gasteiger partial charge on any atom is 0.0812 e. The monoisotopic (exact) mass is 117 g/mol. The summed E-state index contributed by atoms with van der Waals surface area (Å²) < 4.78 is 0. The molecule has 2 heteroatoms. The van der Waals surface area contributed by atoms with Crippen molar-refractivity contribution in [2.24, 2.45) is 0 Å². The molecule has 0 aromatic heterocycles. The van der Waals surface area contributed by atoms with Gasteiger partial charge in [0.2, 0.25) is 0 Å². The van der Waals surface area contributed by atoms with E-state index >= 15 is 0 Å². The van der Waals surface area contributed by atoms with E-state index in [1.165, 1.54) is 0 Å². The first-order chi connectivity index (χ1) is 3.56. The van der Waals surface area contributed by atoms with Crippen molar-refractivity contribution in [3.05, 3.63) is 0 Å². The lowest BCUT2D eigenvalue weighted by Crippen LogP contribution is -2.28. The van der Waals surface area contributed by atoms with Crippen LogP contribution in [-0.4, -0.2) is 12.1 Å². The molecule has 0 saturated carbocycles. The largest absolute Gasteiger partial charge is 0.296 e. The van der Waals surface area contributed by atoms with Crippen LogP contribution in [-0.2, 0) is 4.84 Å². The fourth-order valence-electron chi connectivity index (χ4n) is 0.289. The van der Waals surface area contributed by atoms with E-state index in [4.69, 9.17) is 4.84 Å². The van der Waals surface area contributed by atoms with Gasteiger partial charge in [0, 0.05) is 6.54 Å². The molecule has 50 valence electrons. The minimum Gasteiger partial charge on any atom is -0.296 e. The van der Waals surface area contributed by atoms with Crippen LogP contribution in [0.2, 0.25) is 0 Å². The summed E-state index contributed by atoms with van der Waals surface area (Å²) in [5.41, 5.74) is 2.73. The first-order valence-corrected chi connectivity index (χ1v) is 2.97. The Balaban J connectivity index is 3.11. The lowest BCUT2D eigenvalue weighted by molar-refractivity contribution is -0.0702. The molecule has 0 aromatic carbocycles. The Hall–Kier alpha value is -0.0800. The van der Waals surface area contributed by atoms with Gasteiger partial charge in [0.1, 0.15) is 0 Å². The van der Waals surface area contributed by atoms with Gasteiger partial charge in [-0.25, -0.2) is 5.48 Å². The minimum atomic E-state index is -0.0595. The van der Waals surface area contributed by atoms with Gasteiger partial charge >= 0.3 is 0 Å². The molecule has 0 atom stereocenters. The fourth-order valence-corrected chi connectivity index (χ4v) is 0.289. The smallest absolute Gasteiger partial charge is 0.0812 e. The van der Waals surface area contributed by atoms with Crippen LogP contribution in [0.5, 0.6) is 0 Å². The van der Waals surface area contributed by atoms with Gasteiger partial charge in [0.15, 0.2) is 0 Å². The molecular formula is C6H15NO. The number of hydrogen-bond acceptors (Lipinski definition) is 2. The van der Waals surface area contributed by atoms with E-state index < -0.39 is 0 Å². The molecule has 2 nitrogen and oxygen atoms in total. The number of nitrogens with one attached hydrogen (secondary N) is 1. The molecule has 0 amide bonds. The van der Waals surface area contributed by atoms with Crippen molar-refractivity contribution in [2.45, 2.75) is 33.3 Å². The van der Waals surface area contributed by atoms with Crippen LogP contribution in [0, 0.1) is 0 Å². The molecule has 0 heterocycles. The van der Waals surface area contributed by atoms with Crippen molar-refractivity contribution in [3.63, 3.8) is 0 Å². The number of hydroxylamine groups is 1. The van der Waals surface area contributed by atoms with Crippen LogP contribution in [0.4, 0.5) is 0 Å². The maximum atomic E-state index is 5.13. The molecule has 0 bridgehead atoms. The second-order valence-corrected chi connectivity index (χ2v) is 2.71. The highest BCUT2D eigenvalue weighted by Gasteiger charge is 2.08. The van der Waals surface area contributed by atoms with E-state index in [9.17, 15) is 0 Å². The Bertz CT molecular complexity index is 56.0. The molecule has 8 heavy (non-hydrogen) atoms. The molecule has 0 aliphatic heterocycles. The van der Waals surface area contributed by atoms with E-state index in [2.05, 4.69) is 5.48 Å². The van der Waals surface area contributed by atoms with Crippen molar-refractivity contribution >= 4 is 0 Å². The summed E-state index contributed by atoms with van der Waals surface area (Å²) in [6, 6.07) is 0. The van der Waals surface area contributed by atoms with Gasteiger partial charge in [-0.3, -0.25) is 4.84 Å². The van der Waals surface area contributed by atoms with Gasteiger partial charge in [0.25, 0.3) is 0 Å². The second kappa shape index (κ2) is 3.05. The molecular weight excluding hydrogens is 102 g/mol. The molecule has 0 rings (SSSR count). The van der Waals surface area contributed by atoms with Crippen LogP contribution in [0.25, 0.3) is 0 Å². The Kier molecular flexibility index (Phi) is 3.02. The van der Waals surface area contributed by atoms with E-state index in [1.54, 1.807) is 0 Å². The lowest BCUT2D eigenvalue weighted by atomic mass is 10.2. The van der Waals surface area contributed by atoms with E-state index in [0.717, 1.165) is 6.54 Å². The summed E-state index contributed by atoms with van der Waals surface area (Å²) in [6.07, 6.45) is 0. The zero-order valence-electron chi connectivity index (χ0n) is 6.12. The van der Waals surface area contributed by atoms with Crippen LogP contribution >= 0.6 is 0 Å². The average Bonchev–Trinajstić information content (AvgIpc) is 1.59. The van der Waals surface area contributed by atoms with Crippen LogP contribution in [0.1, 0.15) is 27.7 Å². The van der Waals surface area contributed by atoms with Crippen molar-refractivity contribution in [2.75, 3.05) is 6.54 Å². The molecule has 0 spiro atoms. The van der Waals surface area contributed by atoms with Crippen molar-refractivity contribution in [1.29, 1.82) is 0 Å². The summed E-state index contributed by atoms with van der Waals surface area (Å²) in [7, 11) is 0. The highest BCUT2D eigenvalue weighted by Crippen LogP contribution is 2.02. The molecule has 1 N–H and O–H groups in total. The average molecular weight is 117 g/mol. The molecule has 0 unspecified atom stereocenters. The SMILES string of the molecule is CCNOC(C)(C)C. The van der Waals surface area contributed by atoms with Crippen LogP contribution in [0.3, 0.4) is 0 Å². The Labute approximate surface area is 51.2 Å². The maximum absolute atomic E-state index is 5.13. The quantitative estimate of drug-likeness (QED) is 0.551. The van der Waals surface area contributed by atoms with Gasteiger partial charge in [-0.2, -0.15) is 0 Å². The third-order valence-corrected chi connectivity index (χ3v) is 0.523. The Morgan fingerprint density at radius 1 is 1.38 bits per heavy atom. The second-order valence-electron chi connectivity index (χ2n) is 2.71. The van der Waals surface area contributed by atoms with E-state index in [1.807, 2.05) is 27.7 Å². The molecule has 0 aliphatic carbocycles. The standard InChI is InChI=1S/C6H15NO/c1-5-7-8-6(2,3)4/h7H,5H2,1-4H3. The van der Waals surface area contributed by atoms with Gasteiger partial charge in [0.05, 0.1) is 5.60 Å². The van der Waals surface area contributed by atoms with Crippen molar-refractivity contribution in [3.8, 4) is 0 Å². The summed E-state index contributed by atoms with van der Waals surface area (Å²) in [5, 5.41) is 0. The van der Waals surface area contributed by atoms with Crippen LogP contribution < -0.4 is 5.48 Å². The minimum absolute atomic E-state index is 0.0595. The zero-order chi connectivity index (χ0) is 6.62. The van der Waals surface area contributed by atoms with E-state index in [0.29, 0.717) is 0 Å². The molecule has 0 radical (unpaired) electrons. The zero-order valence-corrected chi connectivity index (χ0v) is 6.12. The van der Waals surface area contributed by atoms with E-state index in [-0.39, 0.29) is 5.60 Å². The Morgan fingerprint density at radius 2 is 1.88 bits per heavy atom. The lowest BCUT2D eigenvalue weighted by Gasteiger charge is -2.18. The first kappa shape index (κ1) is 7.92. The number of hydrogen-bond donors (Lipinski definition) is 1. The van der Waals surface area contributed by atoms with Crippen molar-refractivity contribution in [1.82, 2.24) is 5.48 Å². The predicted octanol–water partition coefficient (Wildman–Crippen LogP) is 1.33. The predicted molar refractivity (Wildman–Crippen MR) is 34.5 cm³/mol.